The monoisotopic (exact) mass is 177 g/mol. The first-order valence-corrected chi connectivity index (χ1v) is 4.45. The van der Waals surface area contributed by atoms with Crippen LogP contribution in [0.5, 0.6) is 0 Å². The average Bonchev–Trinajstić information content (AvgIpc) is 2.15. The van der Waals surface area contributed by atoms with Crippen LogP contribution in [0.2, 0.25) is 0 Å². The van der Waals surface area contributed by atoms with Crippen LogP contribution in [0.3, 0.4) is 0 Å². The molecular weight excluding hydrogens is 164 g/mol. The van der Waals surface area contributed by atoms with E-state index in [1.165, 1.54) is 5.56 Å². The Hall–Kier alpha value is -1.31. The van der Waals surface area contributed by atoms with Crippen LogP contribution in [0.1, 0.15) is 18.9 Å². The van der Waals surface area contributed by atoms with E-state index in [0.717, 1.165) is 6.42 Å². The normalized spacial score (nSPS) is 12.4. The van der Waals surface area contributed by atoms with Crippen molar-refractivity contribution >= 4 is 5.97 Å². The molecule has 0 aliphatic heterocycles. The fraction of sp³-hybridized carbons (Fsp3) is 0.364. The minimum Gasteiger partial charge on any atom is -0.550 e. The third-order valence-corrected chi connectivity index (χ3v) is 2.11. The van der Waals surface area contributed by atoms with Gasteiger partial charge in [0.15, 0.2) is 0 Å². The van der Waals surface area contributed by atoms with Crippen molar-refractivity contribution in [3.8, 4) is 0 Å². The highest BCUT2D eigenvalue weighted by Crippen LogP contribution is 2.08. The lowest BCUT2D eigenvalue weighted by Gasteiger charge is -2.11. The Balaban J connectivity index is 2.39. The Morgan fingerprint density at radius 2 is 2.00 bits per heavy atom. The van der Waals surface area contributed by atoms with E-state index in [-0.39, 0.29) is 5.92 Å². The van der Waals surface area contributed by atoms with Crippen LogP contribution in [0, 0.1) is 5.92 Å². The summed E-state index contributed by atoms with van der Waals surface area (Å²) in [5.74, 6) is -1.32. The quantitative estimate of drug-likeness (QED) is 0.688. The van der Waals surface area contributed by atoms with Gasteiger partial charge in [-0.3, -0.25) is 0 Å². The van der Waals surface area contributed by atoms with E-state index in [9.17, 15) is 9.90 Å². The molecule has 1 aromatic carbocycles. The van der Waals surface area contributed by atoms with E-state index in [1.807, 2.05) is 30.3 Å². The molecule has 1 unspecified atom stereocenters. The predicted octanol–water partition coefficient (Wildman–Crippen LogP) is 1.01. The van der Waals surface area contributed by atoms with Gasteiger partial charge < -0.3 is 9.90 Å². The van der Waals surface area contributed by atoms with Crippen LogP contribution in [-0.4, -0.2) is 5.97 Å². The number of carbonyl (C=O) groups excluding carboxylic acids is 1. The first kappa shape index (κ1) is 9.78. The third-order valence-electron chi connectivity index (χ3n) is 2.11. The number of aryl methyl sites for hydroxylation is 1. The lowest BCUT2D eigenvalue weighted by molar-refractivity contribution is -0.311. The number of carboxylic acids is 1. The standard InChI is InChI=1S/C11H14O2/c1-9(11(12)13)7-8-10-5-3-2-4-6-10/h2-6,9H,7-8H2,1H3,(H,12,13)/p-1. The van der Waals surface area contributed by atoms with Crippen molar-refractivity contribution in [2.24, 2.45) is 5.92 Å². The van der Waals surface area contributed by atoms with Gasteiger partial charge in [0.2, 0.25) is 0 Å². The van der Waals surface area contributed by atoms with E-state index < -0.39 is 5.97 Å². The highest BCUT2D eigenvalue weighted by molar-refractivity contribution is 5.67. The molecule has 0 aliphatic carbocycles. The van der Waals surface area contributed by atoms with Crippen molar-refractivity contribution in [3.05, 3.63) is 35.9 Å². The summed E-state index contributed by atoms with van der Waals surface area (Å²) in [6.45, 7) is 1.68. The second-order valence-corrected chi connectivity index (χ2v) is 3.24. The molecule has 13 heavy (non-hydrogen) atoms. The van der Waals surface area contributed by atoms with Crippen molar-refractivity contribution < 1.29 is 9.90 Å². The summed E-state index contributed by atoms with van der Waals surface area (Å²) in [5, 5.41) is 10.4. The van der Waals surface area contributed by atoms with Crippen LogP contribution < -0.4 is 5.11 Å². The average molecular weight is 177 g/mol. The van der Waals surface area contributed by atoms with Crippen LogP contribution in [-0.2, 0) is 11.2 Å². The van der Waals surface area contributed by atoms with Crippen LogP contribution in [0.4, 0.5) is 0 Å². The van der Waals surface area contributed by atoms with E-state index in [1.54, 1.807) is 6.92 Å². The number of carbonyl (C=O) groups is 1. The van der Waals surface area contributed by atoms with Crippen molar-refractivity contribution in [2.45, 2.75) is 19.8 Å². The molecule has 0 N–H and O–H groups in total. The summed E-state index contributed by atoms with van der Waals surface area (Å²) in [6.07, 6.45) is 1.45. The highest BCUT2D eigenvalue weighted by atomic mass is 16.4. The van der Waals surface area contributed by atoms with Crippen molar-refractivity contribution in [1.82, 2.24) is 0 Å². The SMILES string of the molecule is CC(CCc1ccccc1)C(=O)[O-]. The molecule has 2 nitrogen and oxygen atoms in total. The fourth-order valence-corrected chi connectivity index (χ4v) is 1.15. The molecule has 0 saturated carbocycles. The van der Waals surface area contributed by atoms with Crippen molar-refractivity contribution in [2.75, 3.05) is 0 Å². The number of rotatable bonds is 4. The Morgan fingerprint density at radius 1 is 1.38 bits per heavy atom. The zero-order valence-electron chi connectivity index (χ0n) is 7.69. The zero-order chi connectivity index (χ0) is 9.68. The molecule has 0 radical (unpaired) electrons. The summed E-state index contributed by atoms with van der Waals surface area (Å²) < 4.78 is 0. The van der Waals surface area contributed by atoms with Crippen LogP contribution >= 0.6 is 0 Å². The smallest absolute Gasteiger partial charge is 0.0442 e. The maximum Gasteiger partial charge on any atom is 0.0442 e. The molecule has 0 spiro atoms. The van der Waals surface area contributed by atoms with Gasteiger partial charge in [0.05, 0.1) is 0 Å². The van der Waals surface area contributed by atoms with Gasteiger partial charge >= 0.3 is 0 Å². The van der Waals surface area contributed by atoms with Crippen molar-refractivity contribution in [1.29, 1.82) is 0 Å². The molecule has 1 atom stereocenters. The summed E-state index contributed by atoms with van der Waals surface area (Å²) in [5.41, 5.74) is 1.18. The topological polar surface area (TPSA) is 40.1 Å². The van der Waals surface area contributed by atoms with Gasteiger partial charge in [-0.1, -0.05) is 37.3 Å². The fourth-order valence-electron chi connectivity index (χ4n) is 1.15. The second-order valence-electron chi connectivity index (χ2n) is 3.24. The molecule has 0 aromatic heterocycles. The van der Waals surface area contributed by atoms with Gasteiger partial charge in [-0.25, -0.2) is 0 Å². The van der Waals surface area contributed by atoms with E-state index in [4.69, 9.17) is 0 Å². The molecule has 0 aliphatic rings. The molecule has 0 saturated heterocycles. The summed E-state index contributed by atoms with van der Waals surface area (Å²) >= 11 is 0. The van der Waals surface area contributed by atoms with Gasteiger partial charge in [0.25, 0.3) is 0 Å². The Bertz CT molecular complexity index is 267. The second kappa shape index (κ2) is 4.65. The molecule has 0 bridgehead atoms. The molecule has 0 amide bonds. The van der Waals surface area contributed by atoms with Gasteiger partial charge in [-0.05, 0) is 24.3 Å². The minimum absolute atomic E-state index is 0.361. The van der Waals surface area contributed by atoms with Gasteiger partial charge in [-0.2, -0.15) is 0 Å². The third kappa shape index (κ3) is 3.28. The van der Waals surface area contributed by atoms with E-state index in [2.05, 4.69) is 0 Å². The van der Waals surface area contributed by atoms with Crippen LogP contribution in [0.15, 0.2) is 30.3 Å². The number of hydrogen-bond acceptors (Lipinski definition) is 2. The Kier molecular flexibility index (Phi) is 3.50. The molecular formula is C11H13O2-. The summed E-state index contributed by atoms with van der Waals surface area (Å²) in [4.78, 5) is 10.4. The molecule has 0 heterocycles. The molecule has 0 fully saturated rings. The minimum atomic E-state index is -0.962. The lowest BCUT2D eigenvalue weighted by Crippen LogP contribution is -2.29. The van der Waals surface area contributed by atoms with Gasteiger partial charge in [-0.15, -0.1) is 0 Å². The van der Waals surface area contributed by atoms with Crippen molar-refractivity contribution in [3.63, 3.8) is 0 Å². The molecule has 70 valence electrons. The molecule has 1 rings (SSSR count). The highest BCUT2D eigenvalue weighted by Gasteiger charge is 2.02. The van der Waals surface area contributed by atoms with Gasteiger partial charge in [0, 0.05) is 5.97 Å². The Labute approximate surface area is 78.2 Å². The zero-order valence-corrected chi connectivity index (χ0v) is 7.69. The maximum atomic E-state index is 10.4. The van der Waals surface area contributed by atoms with E-state index in [0.29, 0.717) is 6.42 Å². The first-order valence-electron chi connectivity index (χ1n) is 4.45. The van der Waals surface area contributed by atoms with Gasteiger partial charge in [0.1, 0.15) is 0 Å². The Morgan fingerprint density at radius 3 is 2.54 bits per heavy atom. The van der Waals surface area contributed by atoms with E-state index >= 15 is 0 Å². The number of hydrogen-bond donors (Lipinski definition) is 0. The first-order chi connectivity index (χ1) is 6.20. The largest absolute Gasteiger partial charge is 0.550 e. The number of benzene rings is 1. The predicted molar refractivity (Wildman–Crippen MR) is 48.9 cm³/mol. The lowest BCUT2D eigenvalue weighted by atomic mass is 10.0. The number of aliphatic carboxylic acids is 1. The molecule has 2 heteroatoms. The summed E-state index contributed by atoms with van der Waals surface area (Å²) in [6, 6.07) is 9.87. The molecule has 1 aromatic rings. The van der Waals surface area contributed by atoms with Crippen LogP contribution in [0.25, 0.3) is 0 Å². The maximum absolute atomic E-state index is 10.4. The number of carboxylic acid groups (broad SMARTS) is 1. The summed E-state index contributed by atoms with van der Waals surface area (Å²) in [7, 11) is 0.